The van der Waals surface area contributed by atoms with Crippen LogP contribution in [0, 0.1) is 116 Å². The summed E-state index contributed by atoms with van der Waals surface area (Å²) in [5.74, 6) is -71.2. The second-order valence-electron chi connectivity index (χ2n) is 20.1. The van der Waals surface area contributed by atoms with E-state index >= 15 is 35.1 Å². The third-order valence-corrected chi connectivity index (χ3v) is 19.7. The SMILES string of the molecule is CC(=O)c1ccc(Sc2ccc([S+](c3ccc(Sc4ccc(C(C)=O)cc4)cc3)c3ccc(Sc4ccc(C(C)=O)cc4)cc3)cc2)cc1.Fc1c(F)c(F)c([B-](c2c(F)c(F)c(F)c(F)c2F)(c2c(F)c(F)c(F)c(F)c2F)c2c(F)c(F)c(F)c(F)c2F)c(F)c1F. The highest BCUT2D eigenvalue weighted by Crippen LogP contribution is 2.39. The third-order valence-electron chi connectivity index (χ3n) is 14.4. The monoisotopic (exact) mass is 1390 g/mol. The van der Waals surface area contributed by atoms with Crippen molar-refractivity contribution in [1.29, 1.82) is 0 Å². The van der Waals surface area contributed by atoms with E-state index < -0.39 is 144 Å². The number of halogens is 20. The first-order valence-corrected chi connectivity index (χ1v) is 30.2. The molecule has 0 bridgehead atoms. The van der Waals surface area contributed by atoms with Crippen LogP contribution in [0.1, 0.15) is 51.8 Å². The fourth-order valence-electron chi connectivity index (χ4n) is 9.90. The van der Waals surface area contributed by atoms with Crippen LogP contribution >= 0.6 is 35.3 Å². The average Bonchev–Trinajstić information content (AvgIpc) is 0.682. The van der Waals surface area contributed by atoms with E-state index in [2.05, 4.69) is 72.8 Å². The quantitative estimate of drug-likeness (QED) is 0.0240. The number of hydrogen-bond acceptors (Lipinski definition) is 6. The van der Waals surface area contributed by atoms with E-state index in [0.717, 1.165) is 29.4 Å². The van der Waals surface area contributed by atoms with Crippen molar-refractivity contribution in [3.63, 3.8) is 0 Å². The number of carbonyl (C=O) groups excluding carboxylic acids is 3. The molecule has 3 nitrogen and oxygen atoms in total. The van der Waals surface area contributed by atoms with E-state index in [1.165, 1.54) is 14.7 Å². The maximum atomic E-state index is 15.4. The molecule has 0 amide bonds. The van der Waals surface area contributed by atoms with E-state index in [1.807, 2.05) is 72.8 Å². The van der Waals surface area contributed by atoms with Crippen LogP contribution in [-0.4, -0.2) is 23.5 Å². The Morgan fingerprint density at radius 3 is 0.521 bits per heavy atom. The lowest BCUT2D eigenvalue weighted by Gasteiger charge is -2.44. The molecule has 10 aromatic rings. The lowest BCUT2D eigenvalue weighted by Crippen LogP contribution is -2.81. The molecule has 0 aliphatic heterocycles. The zero-order valence-electron chi connectivity index (χ0n) is 47.4. The van der Waals surface area contributed by atoms with Crippen molar-refractivity contribution in [3.8, 4) is 0 Å². The molecule has 0 spiro atoms. The Balaban J connectivity index is 0.000000222. The lowest BCUT2D eigenvalue weighted by molar-refractivity contribution is 0.100. The Kier molecular flexibility index (Phi) is 20.8. The van der Waals surface area contributed by atoms with Crippen LogP contribution in [0.5, 0.6) is 0 Å². The van der Waals surface area contributed by atoms with Gasteiger partial charge in [0.15, 0.2) is 102 Å². The number of carbonyl (C=O) groups is 3. The van der Waals surface area contributed by atoms with Crippen molar-refractivity contribution in [3.05, 3.63) is 279 Å². The van der Waals surface area contributed by atoms with Crippen molar-refractivity contribution >= 4 is 91.5 Å². The molecule has 0 fully saturated rings. The topological polar surface area (TPSA) is 51.2 Å². The Hall–Kier alpha value is -8.73. The summed E-state index contributed by atoms with van der Waals surface area (Å²) in [6.45, 7) is 4.75. The molecule has 0 aliphatic rings. The molecule has 0 atom stereocenters. The van der Waals surface area contributed by atoms with Gasteiger partial charge in [-0.1, -0.05) is 71.7 Å². The van der Waals surface area contributed by atoms with Crippen LogP contribution in [0.3, 0.4) is 0 Å². The van der Waals surface area contributed by atoms with Gasteiger partial charge in [0.25, 0.3) is 0 Å². The number of rotatable bonds is 16. The Morgan fingerprint density at radius 2 is 0.372 bits per heavy atom. The van der Waals surface area contributed by atoms with Gasteiger partial charge in [0.2, 0.25) is 0 Å². The zero-order chi connectivity index (χ0) is 68.7. The molecule has 482 valence electrons. The summed E-state index contributed by atoms with van der Waals surface area (Å²) >= 11 is 5.04. The minimum Gasteiger partial charge on any atom is -0.295 e. The highest BCUT2D eigenvalue weighted by Gasteiger charge is 2.52. The summed E-state index contributed by atoms with van der Waals surface area (Å²) in [7, 11) is -0.344. The number of ketones is 3. The van der Waals surface area contributed by atoms with Crippen molar-refractivity contribution in [2.45, 2.75) is 64.8 Å². The van der Waals surface area contributed by atoms with Gasteiger partial charge in [0, 0.05) is 46.1 Å². The van der Waals surface area contributed by atoms with Crippen LogP contribution in [0.15, 0.2) is 190 Å². The third kappa shape index (κ3) is 13.1. The first kappa shape index (κ1) is 69.6. The molecule has 28 heteroatoms. The van der Waals surface area contributed by atoms with Gasteiger partial charge in [-0.15, -0.1) is 21.9 Å². The van der Waals surface area contributed by atoms with Crippen molar-refractivity contribution in [1.82, 2.24) is 0 Å². The Morgan fingerprint density at radius 1 is 0.234 bits per heavy atom. The zero-order valence-corrected chi connectivity index (χ0v) is 50.6. The van der Waals surface area contributed by atoms with Crippen molar-refractivity contribution in [2.24, 2.45) is 0 Å². The maximum absolute atomic E-state index is 15.4. The molecule has 94 heavy (non-hydrogen) atoms. The molecule has 0 unspecified atom stereocenters. The summed E-state index contributed by atoms with van der Waals surface area (Å²) < 4.78 is 294. The van der Waals surface area contributed by atoms with Gasteiger partial charge in [0.1, 0.15) is 52.7 Å². The van der Waals surface area contributed by atoms with Crippen molar-refractivity contribution < 1.29 is 102 Å². The fourth-order valence-corrected chi connectivity index (χ4v) is 14.4. The highest BCUT2D eigenvalue weighted by molar-refractivity contribution is 8.00. The predicted molar refractivity (Wildman–Crippen MR) is 312 cm³/mol. The smallest absolute Gasteiger partial charge is 0.200 e. The van der Waals surface area contributed by atoms with Gasteiger partial charge >= 0.3 is 0 Å². The first-order chi connectivity index (χ1) is 44.4. The molecule has 0 saturated heterocycles. The minimum atomic E-state index is -7.22. The molecule has 0 heterocycles. The Labute approximate surface area is 534 Å². The highest BCUT2D eigenvalue weighted by atomic mass is 32.2. The summed E-state index contributed by atoms with van der Waals surface area (Å²) in [6, 6.07) is 49.5. The van der Waals surface area contributed by atoms with Gasteiger partial charge in [0.05, 0.1) is 10.9 Å². The van der Waals surface area contributed by atoms with E-state index in [9.17, 15) is 67.1 Å². The van der Waals surface area contributed by atoms with E-state index in [-0.39, 0.29) is 28.2 Å². The molecule has 0 aromatic heterocycles. The van der Waals surface area contributed by atoms with Gasteiger partial charge in [-0.3, -0.25) is 14.4 Å². The molecule has 0 aliphatic carbocycles. The number of hydrogen-bond donors (Lipinski definition) is 0. The second kappa shape index (κ2) is 28.1. The molecule has 0 saturated carbocycles. The summed E-state index contributed by atoms with van der Waals surface area (Å²) in [5.41, 5.74) is -12.2. The number of Topliss-reactive ketones (excluding diaryl/α,β-unsaturated/α-hetero) is 3. The predicted octanol–water partition coefficient (Wildman–Crippen LogP) is 17.7. The van der Waals surface area contributed by atoms with E-state index in [1.54, 1.807) is 56.1 Å². The van der Waals surface area contributed by atoms with Gasteiger partial charge in [-0.2, -0.15) is 0 Å². The van der Waals surface area contributed by atoms with Crippen molar-refractivity contribution in [2.75, 3.05) is 0 Å². The van der Waals surface area contributed by atoms with Gasteiger partial charge in [-0.25, -0.2) is 87.8 Å². The lowest BCUT2D eigenvalue weighted by atomic mass is 9.12. The van der Waals surface area contributed by atoms with Crippen LogP contribution in [0.2, 0.25) is 0 Å². The fraction of sp³-hybridized carbons (Fsp3) is 0.0455. The standard InChI is InChI=1S/C42H33O3S4.C24BF20/c1-28(43)31-4-10-34(11-5-31)46-37-16-22-40(23-17-37)49(41-24-18-38(19-25-41)47-35-12-6-32(7-13-35)29(2)44)42-26-20-39(21-27-42)48-36-14-8-33(9-15-36)30(3)45;26-5-1(6(27)14(35)21(42)13(5)34)25(2-7(28)15(36)22(43)16(37)8(2)29,3-9(30)17(38)23(44)18(39)10(3)31)4-11(32)19(40)24(45)20(41)12(4)33/h4-27H,1-3H3;/q+1;-1. The van der Waals surface area contributed by atoms with E-state index in [0.29, 0.717) is 16.7 Å². The molecular formula is C66H33BF20O3S4. The Bertz CT molecular complexity index is 4020. The van der Waals surface area contributed by atoms with Crippen LogP contribution in [0.25, 0.3) is 0 Å². The summed E-state index contributed by atoms with van der Waals surface area (Å²) in [4.78, 5) is 45.4. The normalized spacial score (nSPS) is 11.5. The first-order valence-electron chi connectivity index (χ1n) is 26.6. The van der Waals surface area contributed by atoms with Gasteiger partial charge < -0.3 is 0 Å². The largest absolute Gasteiger partial charge is 0.295 e. The van der Waals surface area contributed by atoms with Crippen LogP contribution in [0.4, 0.5) is 87.8 Å². The number of benzene rings is 10. The molecular weight excluding hydrogens is 1360 g/mol. The molecule has 10 aromatic carbocycles. The average molecular weight is 1390 g/mol. The molecule has 0 radical (unpaired) electrons. The second-order valence-corrected chi connectivity index (χ2v) is 25.5. The summed E-state index contributed by atoms with van der Waals surface area (Å²) in [5, 5.41) is 0. The van der Waals surface area contributed by atoms with Gasteiger partial charge in [-0.05, 0) is 130 Å². The van der Waals surface area contributed by atoms with E-state index in [4.69, 9.17) is 0 Å². The maximum Gasteiger partial charge on any atom is 0.200 e. The van der Waals surface area contributed by atoms with Crippen LogP contribution in [-0.2, 0) is 10.9 Å². The molecule has 0 N–H and O–H groups in total. The molecule has 10 rings (SSSR count). The van der Waals surface area contributed by atoms with Crippen LogP contribution < -0.4 is 21.9 Å². The summed E-state index contributed by atoms with van der Waals surface area (Å²) in [6.07, 6.45) is -7.22. The minimum absolute atomic E-state index is 0.0674.